The molecule has 5 nitrogen and oxygen atoms in total. The molecule has 1 atom stereocenters. The van der Waals surface area contributed by atoms with Crippen LogP contribution in [0.5, 0.6) is 0 Å². The number of fused-ring (bicyclic) bond motifs is 1. The first kappa shape index (κ1) is 25.6. The number of esters is 1. The number of methoxy groups -OCH3 is 1. The van der Waals surface area contributed by atoms with Crippen LogP contribution in [-0.2, 0) is 28.0 Å². The van der Waals surface area contributed by atoms with E-state index >= 15 is 0 Å². The summed E-state index contributed by atoms with van der Waals surface area (Å²) in [6.45, 7) is 10.9. The quantitative estimate of drug-likeness (QED) is 0.393. The minimum absolute atomic E-state index is 0.0572. The van der Waals surface area contributed by atoms with Gasteiger partial charge in [-0.1, -0.05) is 64.1 Å². The molecule has 4 rings (SSSR count). The highest BCUT2D eigenvalue weighted by Crippen LogP contribution is 2.30. The molecule has 0 saturated carbocycles. The second kappa shape index (κ2) is 10.7. The van der Waals surface area contributed by atoms with Crippen LogP contribution in [0.15, 0.2) is 66.7 Å². The van der Waals surface area contributed by atoms with E-state index in [1.165, 1.54) is 23.8 Å². The third kappa shape index (κ3) is 5.85. The Morgan fingerprint density at radius 1 is 0.917 bits per heavy atom. The Morgan fingerprint density at radius 3 is 2.17 bits per heavy atom. The second-order valence-corrected chi connectivity index (χ2v) is 10.6. The molecule has 1 aliphatic heterocycles. The molecule has 0 radical (unpaired) electrons. The molecular weight excluding hydrogens is 448 g/mol. The van der Waals surface area contributed by atoms with Gasteiger partial charge in [-0.3, -0.25) is 14.5 Å². The van der Waals surface area contributed by atoms with E-state index in [0.29, 0.717) is 12.1 Å². The maximum absolute atomic E-state index is 12.7. The average molecular weight is 485 g/mol. The van der Waals surface area contributed by atoms with Gasteiger partial charge in [0, 0.05) is 30.9 Å². The van der Waals surface area contributed by atoms with Crippen LogP contribution < -0.4 is 5.32 Å². The largest absolute Gasteiger partial charge is 0.469 e. The molecule has 0 fully saturated rings. The number of hydrogen-bond donors (Lipinski definition) is 1. The van der Waals surface area contributed by atoms with Crippen molar-refractivity contribution in [2.75, 3.05) is 19.0 Å². The maximum atomic E-state index is 12.7. The lowest BCUT2D eigenvalue weighted by atomic mass is 9.87. The molecule has 0 spiro atoms. The van der Waals surface area contributed by atoms with E-state index in [0.717, 1.165) is 36.3 Å². The third-order valence-electron chi connectivity index (χ3n) is 6.99. The zero-order chi connectivity index (χ0) is 25.9. The monoisotopic (exact) mass is 484 g/mol. The first-order valence-electron chi connectivity index (χ1n) is 12.6. The van der Waals surface area contributed by atoms with Crippen LogP contribution in [0.2, 0.25) is 0 Å². The Hall–Kier alpha value is -3.44. The lowest BCUT2D eigenvalue weighted by Crippen LogP contribution is -2.30. The summed E-state index contributed by atoms with van der Waals surface area (Å²) in [4.78, 5) is 27.0. The van der Waals surface area contributed by atoms with Gasteiger partial charge in [0.25, 0.3) is 5.91 Å². The number of carbonyl (C=O) groups is 2. The number of rotatable bonds is 7. The van der Waals surface area contributed by atoms with Crippen LogP contribution in [0.3, 0.4) is 0 Å². The van der Waals surface area contributed by atoms with Crippen LogP contribution in [0.1, 0.15) is 61.2 Å². The van der Waals surface area contributed by atoms with Gasteiger partial charge in [0.2, 0.25) is 0 Å². The van der Waals surface area contributed by atoms with Crippen LogP contribution in [-0.4, -0.2) is 30.4 Å². The van der Waals surface area contributed by atoms with Crippen LogP contribution in [0, 0.1) is 5.92 Å². The van der Waals surface area contributed by atoms with Crippen molar-refractivity contribution in [3.05, 3.63) is 89.0 Å². The number of nitrogens with zero attached hydrogens (tertiary/aromatic N) is 1. The van der Waals surface area contributed by atoms with Crippen LogP contribution in [0.25, 0.3) is 11.1 Å². The summed E-state index contributed by atoms with van der Waals surface area (Å²) in [5.74, 6) is -0.343. The zero-order valence-electron chi connectivity index (χ0n) is 21.9. The van der Waals surface area contributed by atoms with E-state index in [4.69, 9.17) is 4.74 Å². The number of hydrogen-bond acceptors (Lipinski definition) is 4. The molecule has 1 aliphatic rings. The molecule has 0 saturated heterocycles. The first-order valence-corrected chi connectivity index (χ1v) is 12.6. The van der Waals surface area contributed by atoms with Gasteiger partial charge in [-0.2, -0.15) is 0 Å². The minimum atomic E-state index is -0.136. The molecular formula is C31H36N2O3. The van der Waals surface area contributed by atoms with E-state index in [9.17, 15) is 9.59 Å². The fourth-order valence-corrected chi connectivity index (χ4v) is 4.69. The lowest BCUT2D eigenvalue weighted by Gasteiger charge is -2.20. The zero-order valence-corrected chi connectivity index (χ0v) is 21.9. The van der Waals surface area contributed by atoms with Gasteiger partial charge in [-0.05, 0) is 70.0 Å². The highest BCUT2D eigenvalue weighted by atomic mass is 16.5. The Kier molecular flexibility index (Phi) is 7.60. The fourth-order valence-electron chi connectivity index (χ4n) is 4.69. The average Bonchev–Trinajstić information content (AvgIpc) is 3.28. The van der Waals surface area contributed by atoms with E-state index < -0.39 is 0 Å². The number of ether oxygens (including phenoxy) is 1. The Morgan fingerprint density at radius 2 is 1.56 bits per heavy atom. The number of nitrogens with one attached hydrogen (secondary N) is 1. The van der Waals surface area contributed by atoms with Crippen molar-refractivity contribution in [2.45, 2.75) is 52.6 Å². The van der Waals surface area contributed by atoms with Gasteiger partial charge >= 0.3 is 5.97 Å². The minimum Gasteiger partial charge on any atom is -0.469 e. The molecule has 1 unspecified atom stereocenters. The highest BCUT2D eigenvalue weighted by Gasteiger charge is 2.25. The van der Waals surface area contributed by atoms with Crippen molar-refractivity contribution >= 4 is 17.6 Å². The van der Waals surface area contributed by atoms with E-state index in [1.807, 2.05) is 55.5 Å². The number of carbonyl (C=O) groups excluding carboxylic acids is 2. The number of amides is 1. The summed E-state index contributed by atoms with van der Waals surface area (Å²) >= 11 is 0. The summed E-state index contributed by atoms with van der Waals surface area (Å²) in [6.07, 6.45) is 0.774. The molecule has 1 heterocycles. The molecule has 5 heteroatoms. The van der Waals surface area contributed by atoms with Gasteiger partial charge < -0.3 is 10.1 Å². The molecule has 0 bridgehead atoms. The van der Waals surface area contributed by atoms with Crippen molar-refractivity contribution in [1.29, 1.82) is 0 Å². The van der Waals surface area contributed by atoms with Gasteiger partial charge in [0.05, 0.1) is 13.0 Å². The van der Waals surface area contributed by atoms with Gasteiger partial charge in [0.1, 0.15) is 0 Å². The second-order valence-electron chi connectivity index (χ2n) is 10.6. The van der Waals surface area contributed by atoms with Crippen LogP contribution >= 0.6 is 0 Å². The molecule has 1 N–H and O–H groups in total. The Labute approximate surface area is 214 Å². The fraction of sp³-hybridized carbons (Fsp3) is 0.355. The third-order valence-corrected chi connectivity index (χ3v) is 6.99. The lowest BCUT2D eigenvalue weighted by molar-refractivity contribution is -0.146. The standard InChI is InChI=1S/C31H36N2O3/c1-6-21(30(35)36-5)18-33-19-25-8-7-24(17-26(25)20-33)22-11-15-28(16-12-22)32-29(34)23-9-13-27(14-10-23)31(2,3)4/h7-17,21H,6,18-20H2,1-5H3,(H,32,34). The van der Waals surface area contributed by atoms with E-state index in [2.05, 4.69) is 49.2 Å². The summed E-state index contributed by atoms with van der Waals surface area (Å²) in [5.41, 5.74) is 7.52. The summed E-state index contributed by atoms with van der Waals surface area (Å²) in [5, 5.41) is 3.00. The highest BCUT2D eigenvalue weighted by molar-refractivity contribution is 6.04. The predicted octanol–water partition coefficient (Wildman–Crippen LogP) is 6.42. The van der Waals surface area contributed by atoms with Crippen molar-refractivity contribution in [3.63, 3.8) is 0 Å². The van der Waals surface area contributed by atoms with E-state index in [1.54, 1.807) is 0 Å². The summed E-state index contributed by atoms with van der Waals surface area (Å²) in [6, 6.07) is 22.3. The first-order chi connectivity index (χ1) is 17.2. The van der Waals surface area contributed by atoms with Crippen molar-refractivity contribution in [1.82, 2.24) is 4.90 Å². The van der Waals surface area contributed by atoms with Crippen molar-refractivity contribution in [3.8, 4) is 11.1 Å². The van der Waals surface area contributed by atoms with Crippen molar-refractivity contribution in [2.24, 2.45) is 5.92 Å². The maximum Gasteiger partial charge on any atom is 0.309 e. The normalized spacial score (nSPS) is 14.2. The number of benzene rings is 3. The molecule has 0 aromatic heterocycles. The summed E-state index contributed by atoms with van der Waals surface area (Å²) in [7, 11) is 1.46. The van der Waals surface area contributed by atoms with Crippen molar-refractivity contribution < 1.29 is 14.3 Å². The molecule has 1 amide bonds. The Balaban J connectivity index is 1.40. The van der Waals surface area contributed by atoms with Gasteiger partial charge in [-0.15, -0.1) is 0 Å². The molecule has 3 aromatic rings. The predicted molar refractivity (Wildman–Crippen MR) is 145 cm³/mol. The molecule has 36 heavy (non-hydrogen) atoms. The summed E-state index contributed by atoms with van der Waals surface area (Å²) < 4.78 is 4.95. The van der Waals surface area contributed by atoms with Gasteiger partial charge in [0.15, 0.2) is 0 Å². The van der Waals surface area contributed by atoms with E-state index in [-0.39, 0.29) is 23.2 Å². The molecule has 3 aromatic carbocycles. The SMILES string of the molecule is CCC(CN1Cc2ccc(-c3ccc(NC(=O)c4ccc(C(C)(C)C)cc4)cc3)cc2C1)C(=O)OC. The molecule has 188 valence electrons. The Bertz CT molecular complexity index is 1220. The topological polar surface area (TPSA) is 58.6 Å². The number of anilines is 1. The van der Waals surface area contributed by atoms with Crippen LogP contribution in [0.4, 0.5) is 5.69 Å². The van der Waals surface area contributed by atoms with Gasteiger partial charge in [-0.25, -0.2) is 0 Å². The smallest absolute Gasteiger partial charge is 0.309 e. The molecule has 0 aliphatic carbocycles.